The van der Waals surface area contributed by atoms with Crippen LogP contribution in [0.25, 0.3) is 0 Å². The molecule has 0 aromatic heterocycles. The second-order valence-corrected chi connectivity index (χ2v) is 4.32. The predicted octanol–water partition coefficient (Wildman–Crippen LogP) is 1.91. The number of ketones is 1. The van der Waals surface area contributed by atoms with Gasteiger partial charge in [0.1, 0.15) is 5.78 Å². The Bertz CT molecular complexity index is 209. The summed E-state index contributed by atoms with van der Waals surface area (Å²) in [7, 11) is 0. The summed E-state index contributed by atoms with van der Waals surface area (Å²) in [4.78, 5) is 11.2. The van der Waals surface area contributed by atoms with E-state index in [1.807, 2.05) is 0 Å². The Morgan fingerprint density at radius 1 is 1.10 bits per heavy atom. The maximum Gasteiger partial charge on any atom is 0.140 e. The number of Topliss-reactive ketones (excluding diaryl/α,β-unsaturated/α-hetero) is 1. The number of hydrogen-bond acceptors (Lipinski definition) is 1. The number of carbonyl (C=O) groups is 1. The van der Waals surface area contributed by atoms with E-state index in [1.165, 1.54) is 32.1 Å². The average Bonchev–Trinajstić information content (AvgIpc) is 2.56. The molecule has 1 nitrogen and oxygen atoms in total. The Hall–Kier alpha value is -0.330. The molecule has 0 atom stereocenters. The first-order valence-electron chi connectivity index (χ1n) is 4.33. The van der Waals surface area contributed by atoms with Crippen LogP contribution in [0.4, 0.5) is 0 Å². The van der Waals surface area contributed by atoms with E-state index in [1.54, 1.807) is 0 Å². The van der Waals surface area contributed by atoms with Crippen LogP contribution in [0.2, 0.25) is 0 Å². The van der Waals surface area contributed by atoms with E-state index in [0.29, 0.717) is 11.2 Å². The molecule has 0 amide bonds. The first-order valence-corrected chi connectivity index (χ1v) is 4.33. The maximum absolute atomic E-state index is 11.2. The third kappa shape index (κ3) is 0.320. The molecule has 0 radical (unpaired) electrons. The summed E-state index contributed by atoms with van der Waals surface area (Å²) in [6.45, 7) is 0. The molecule has 0 aromatic rings. The summed E-state index contributed by atoms with van der Waals surface area (Å²) >= 11 is 0. The molecule has 2 spiro atoms. The highest BCUT2D eigenvalue weighted by molar-refractivity contribution is 5.95. The van der Waals surface area contributed by atoms with E-state index < -0.39 is 0 Å². The number of hydrogen-bond donors (Lipinski definition) is 0. The lowest BCUT2D eigenvalue weighted by Gasteiger charge is -2.55. The van der Waals surface area contributed by atoms with Gasteiger partial charge in [-0.1, -0.05) is 6.42 Å². The number of rotatable bonds is 0. The van der Waals surface area contributed by atoms with Crippen LogP contribution >= 0.6 is 0 Å². The molecule has 3 rings (SSSR count). The van der Waals surface area contributed by atoms with Gasteiger partial charge in [0.2, 0.25) is 0 Å². The van der Waals surface area contributed by atoms with Gasteiger partial charge in [-0.3, -0.25) is 4.79 Å². The molecule has 0 saturated heterocycles. The van der Waals surface area contributed by atoms with E-state index in [4.69, 9.17) is 0 Å². The van der Waals surface area contributed by atoms with Crippen molar-refractivity contribution in [3.63, 3.8) is 0 Å². The lowest BCUT2D eigenvalue weighted by Crippen LogP contribution is -2.54. The summed E-state index contributed by atoms with van der Waals surface area (Å²) in [5.41, 5.74) is 0.856. The van der Waals surface area contributed by atoms with Gasteiger partial charge in [0.05, 0.1) is 0 Å². The summed E-state index contributed by atoms with van der Waals surface area (Å²) in [6.07, 6.45) is 7.50. The maximum atomic E-state index is 11.2. The zero-order valence-electron chi connectivity index (χ0n) is 6.15. The van der Waals surface area contributed by atoms with Crippen LogP contribution < -0.4 is 0 Å². The lowest BCUT2D eigenvalue weighted by atomic mass is 9.47. The van der Waals surface area contributed by atoms with Gasteiger partial charge in [-0.05, 0) is 31.1 Å². The van der Waals surface area contributed by atoms with Crippen LogP contribution in [0.5, 0.6) is 0 Å². The smallest absolute Gasteiger partial charge is 0.140 e. The Morgan fingerprint density at radius 2 is 1.80 bits per heavy atom. The molecule has 0 heterocycles. The van der Waals surface area contributed by atoms with Crippen molar-refractivity contribution >= 4 is 5.78 Å². The number of fused-ring (bicyclic) bond motifs is 1. The fourth-order valence-corrected chi connectivity index (χ4v) is 3.03. The SMILES string of the molecule is O=C1CC2(CCC2)C12CC2. The summed E-state index contributed by atoms with van der Waals surface area (Å²) < 4.78 is 0. The van der Waals surface area contributed by atoms with E-state index in [2.05, 4.69) is 0 Å². The van der Waals surface area contributed by atoms with E-state index in [-0.39, 0.29) is 5.41 Å². The summed E-state index contributed by atoms with van der Waals surface area (Å²) in [5.74, 6) is 0.590. The van der Waals surface area contributed by atoms with Crippen molar-refractivity contribution in [1.29, 1.82) is 0 Å². The first kappa shape index (κ1) is 5.34. The molecule has 54 valence electrons. The second-order valence-electron chi connectivity index (χ2n) is 4.32. The van der Waals surface area contributed by atoms with Gasteiger partial charge in [-0.15, -0.1) is 0 Å². The zero-order chi connectivity index (χ0) is 6.82. The molecule has 0 aliphatic heterocycles. The Kier molecular flexibility index (Phi) is 0.637. The third-order valence-corrected chi connectivity index (χ3v) is 4.11. The van der Waals surface area contributed by atoms with E-state index in [9.17, 15) is 4.79 Å². The Balaban J connectivity index is 1.97. The van der Waals surface area contributed by atoms with Gasteiger partial charge in [0.25, 0.3) is 0 Å². The standard InChI is InChI=1S/C9H12O/c10-7-6-8(2-1-3-8)9(7)4-5-9/h1-6H2. The molecule has 1 heteroatoms. The van der Waals surface area contributed by atoms with Crippen molar-refractivity contribution in [2.75, 3.05) is 0 Å². The van der Waals surface area contributed by atoms with Gasteiger partial charge in [-0.25, -0.2) is 0 Å². The minimum absolute atomic E-state index is 0.283. The minimum Gasteiger partial charge on any atom is -0.299 e. The molecule has 3 saturated carbocycles. The predicted molar refractivity (Wildman–Crippen MR) is 37.6 cm³/mol. The first-order chi connectivity index (χ1) is 4.79. The molecule has 0 N–H and O–H groups in total. The molecule has 10 heavy (non-hydrogen) atoms. The van der Waals surface area contributed by atoms with Crippen LogP contribution in [-0.2, 0) is 4.79 Å². The molecule has 0 bridgehead atoms. The van der Waals surface area contributed by atoms with Gasteiger partial charge >= 0.3 is 0 Å². The van der Waals surface area contributed by atoms with E-state index in [0.717, 1.165) is 6.42 Å². The van der Waals surface area contributed by atoms with Crippen LogP contribution in [0, 0.1) is 10.8 Å². The molecular formula is C9H12O. The topological polar surface area (TPSA) is 17.1 Å². The van der Waals surface area contributed by atoms with Crippen molar-refractivity contribution in [3.05, 3.63) is 0 Å². The van der Waals surface area contributed by atoms with Gasteiger partial charge in [0.15, 0.2) is 0 Å². The monoisotopic (exact) mass is 136 g/mol. The second kappa shape index (κ2) is 1.19. The van der Waals surface area contributed by atoms with Crippen LogP contribution in [0.15, 0.2) is 0 Å². The van der Waals surface area contributed by atoms with Crippen molar-refractivity contribution in [2.24, 2.45) is 10.8 Å². The van der Waals surface area contributed by atoms with Crippen molar-refractivity contribution in [1.82, 2.24) is 0 Å². The van der Waals surface area contributed by atoms with Gasteiger partial charge in [0, 0.05) is 11.8 Å². The van der Waals surface area contributed by atoms with Crippen LogP contribution in [-0.4, -0.2) is 5.78 Å². The summed E-state index contributed by atoms with van der Waals surface area (Å²) in [6, 6.07) is 0. The van der Waals surface area contributed by atoms with Gasteiger partial charge in [-0.2, -0.15) is 0 Å². The van der Waals surface area contributed by atoms with Crippen molar-refractivity contribution in [3.8, 4) is 0 Å². The quantitative estimate of drug-likeness (QED) is 0.497. The summed E-state index contributed by atoms with van der Waals surface area (Å²) in [5, 5.41) is 0. The highest BCUT2D eigenvalue weighted by atomic mass is 16.1. The van der Waals surface area contributed by atoms with E-state index >= 15 is 0 Å². The molecule has 3 fully saturated rings. The highest BCUT2D eigenvalue weighted by Gasteiger charge is 2.72. The molecular weight excluding hydrogens is 124 g/mol. The Labute approximate surface area is 60.8 Å². The van der Waals surface area contributed by atoms with Crippen molar-refractivity contribution in [2.45, 2.75) is 38.5 Å². The Morgan fingerprint density at radius 3 is 2.00 bits per heavy atom. The fourth-order valence-electron chi connectivity index (χ4n) is 3.03. The normalized spacial score (nSPS) is 37.4. The largest absolute Gasteiger partial charge is 0.299 e. The number of carbonyl (C=O) groups excluding carboxylic acids is 1. The lowest BCUT2D eigenvalue weighted by molar-refractivity contribution is -0.156. The minimum atomic E-state index is 0.283. The highest BCUT2D eigenvalue weighted by Crippen LogP contribution is 2.75. The molecule has 0 unspecified atom stereocenters. The molecule has 0 aromatic carbocycles. The molecule has 3 aliphatic carbocycles. The van der Waals surface area contributed by atoms with Crippen LogP contribution in [0.1, 0.15) is 38.5 Å². The average molecular weight is 136 g/mol. The van der Waals surface area contributed by atoms with Crippen molar-refractivity contribution < 1.29 is 4.79 Å². The zero-order valence-corrected chi connectivity index (χ0v) is 6.15. The van der Waals surface area contributed by atoms with Crippen LogP contribution in [0.3, 0.4) is 0 Å². The third-order valence-electron chi connectivity index (χ3n) is 4.11. The van der Waals surface area contributed by atoms with Gasteiger partial charge < -0.3 is 0 Å². The fraction of sp³-hybridized carbons (Fsp3) is 0.889. The molecule has 3 aliphatic rings.